The average Bonchev–Trinajstić information content (AvgIpc) is 2.45. The van der Waals surface area contributed by atoms with Gasteiger partial charge in [0.2, 0.25) is 5.88 Å². The molecule has 0 spiro atoms. The molecule has 0 saturated heterocycles. The Kier molecular flexibility index (Phi) is 4.23. The monoisotopic (exact) mass is 238 g/mol. The van der Waals surface area contributed by atoms with Crippen LogP contribution in [0, 0.1) is 5.92 Å². The summed E-state index contributed by atoms with van der Waals surface area (Å²) in [5.41, 5.74) is 2.06. The molecule has 1 N–H and O–H groups in total. The van der Waals surface area contributed by atoms with Crippen LogP contribution < -0.4 is 0 Å². The van der Waals surface area contributed by atoms with E-state index >= 15 is 0 Å². The van der Waals surface area contributed by atoms with Crippen LogP contribution >= 0.6 is 0 Å². The zero-order valence-corrected chi connectivity index (χ0v) is 12.0. The second kappa shape index (κ2) is 5.11. The standard InChI is InChI=1S/C14H26N2O/c1-7-8-11-12(14(4,5)6)15-16(13(11)17)9-10(2)3/h10,17H,7-9H2,1-6H3. The molecule has 0 atom stereocenters. The van der Waals surface area contributed by atoms with E-state index in [-0.39, 0.29) is 5.41 Å². The third kappa shape index (κ3) is 3.24. The minimum absolute atomic E-state index is 0.00971. The molecule has 0 aliphatic carbocycles. The minimum atomic E-state index is -0.00971. The van der Waals surface area contributed by atoms with Gasteiger partial charge in [-0.25, -0.2) is 4.68 Å². The molecule has 0 radical (unpaired) electrons. The average molecular weight is 238 g/mol. The van der Waals surface area contributed by atoms with Crippen LogP contribution in [0.3, 0.4) is 0 Å². The molecule has 98 valence electrons. The van der Waals surface area contributed by atoms with Gasteiger partial charge in [-0.3, -0.25) is 0 Å². The molecule has 3 nitrogen and oxygen atoms in total. The van der Waals surface area contributed by atoms with Crippen LogP contribution in [0.25, 0.3) is 0 Å². The maximum Gasteiger partial charge on any atom is 0.212 e. The van der Waals surface area contributed by atoms with Crippen LogP contribution in [0.15, 0.2) is 0 Å². The molecule has 1 aromatic rings. The number of aromatic hydroxyl groups is 1. The van der Waals surface area contributed by atoms with Gasteiger partial charge < -0.3 is 5.11 Å². The van der Waals surface area contributed by atoms with Crippen molar-refractivity contribution in [2.75, 3.05) is 0 Å². The SMILES string of the molecule is CCCc1c(C(C)(C)C)nn(CC(C)C)c1O. The summed E-state index contributed by atoms with van der Waals surface area (Å²) in [5, 5.41) is 14.9. The Bertz CT molecular complexity index is 372. The van der Waals surface area contributed by atoms with E-state index in [1.54, 1.807) is 4.68 Å². The lowest BCUT2D eigenvalue weighted by molar-refractivity contribution is 0.367. The zero-order valence-electron chi connectivity index (χ0n) is 12.0. The first-order valence-electron chi connectivity index (χ1n) is 6.56. The fraction of sp³-hybridized carbons (Fsp3) is 0.786. The Balaban J connectivity index is 3.20. The van der Waals surface area contributed by atoms with Crippen molar-refractivity contribution in [1.82, 2.24) is 9.78 Å². The first-order chi connectivity index (χ1) is 7.77. The van der Waals surface area contributed by atoms with Crippen LogP contribution in [0.2, 0.25) is 0 Å². The summed E-state index contributed by atoms with van der Waals surface area (Å²) in [6.07, 6.45) is 1.93. The molecule has 3 heteroatoms. The van der Waals surface area contributed by atoms with E-state index in [1.807, 2.05) is 0 Å². The maximum atomic E-state index is 10.3. The molecular formula is C14H26N2O. The highest BCUT2D eigenvalue weighted by Gasteiger charge is 2.26. The van der Waals surface area contributed by atoms with Gasteiger partial charge in [-0.1, -0.05) is 48.0 Å². The van der Waals surface area contributed by atoms with E-state index in [0.717, 1.165) is 30.6 Å². The number of hydrogen-bond acceptors (Lipinski definition) is 2. The van der Waals surface area contributed by atoms with Gasteiger partial charge in [0, 0.05) is 17.5 Å². The van der Waals surface area contributed by atoms with E-state index in [4.69, 9.17) is 0 Å². The van der Waals surface area contributed by atoms with Crippen LogP contribution in [0.5, 0.6) is 5.88 Å². The normalized spacial score (nSPS) is 12.4. The van der Waals surface area contributed by atoms with E-state index in [0.29, 0.717) is 11.8 Å². The van der Waals surface area contributed by atoms with Crippen molar-refractivity contribution < 1.29 is 5.11 Å². The molecule has 0 amide bonds. The van der Waals surface area contributed by atoms with E-state index < -0.39 is 0 Å². The predicted octanol–water partition coefficient (Wildman–Crippen LogP) is 3.49. The van der Waals surface area contributed by atoms with Gasteiger partial charge in [0.1, 0.15) is 0 Å². The van der Waals surface area contributed by atoms with Gasteiger partial charge >= 0.3 is 0 Å². The molecular weight excluding hydrogens is 212 g/mol. The maximum absolute atomic E-state index is 10.3. The van der Waals surface area contributed by atoms with E-state index in [2.05, 4.69) is 46.6 Å². The summed E-state index contributed by atoms with van der Waals surface area (Å²) in [4.78, 5) is 0. The third-order valence-electron chi connectivity index (χ3n) is 2.77. The summed E-state index contributed by atoms with van der Waals surface area (Å²) < 4.78 is 1.76. The van der Waals surface area contributed by atoms with Gasteiger partial charge in [-0.15, -0.1) is 0 Å². The molecule has 0 unspecified atom stereocenters. The van der Waals surface area contributed by atoms with Gasteiger partial charge in [-0.05, 0) is 12.3 Å². The van der Waals surface area contributed by atoms with Gasteiger partial charge in [-0.2, -0.15) is 5.10 Å². The molecule has 0 saturated carbocycles. The van der Waals surface area contributed by atoms with Crippen molar-refractivity contribution >= 4 is 0 Å². The summed E-state index contributed by atoms with van der Waals surface area (Å²) >= 11 is 0. The van der Waals surface area contributed by atoms with Crippen LogP contribution in [-0.2, 0) is 18.4 Å². The minimum Gasteiger partial charge on any atom is -0.493 e. The lowest BCUT2D eigenvalue weighted by Crippen LogP contribution is -2.15. The van der Waals surface area contributed by atoms with E-state index in [1.165, 1.54) is 0 Å². The van der Waals surface area contributed by atoms with Crippen molar-refractivity contribution in [3.8, 4) is 5.88 Å². The first kappa shape index (κ1) is 14.1. The molecule has 0 fully saturated rings. The zero-order chi connectivity index (χ0) is 13.2. The van der Waals surface area contributed by atoms with Crippen molar-refractivity contribution in [2.24, 2.45) is 5.92 Å². The summed E-state index contributed by atoms with van der Waals surface area (Å²) in [5.74, 6) is 0.855. The number of nitrogens with zero attached hydrogens (tertiary/aromatic N) is 2. The summed E-state index contributed by atoms with van der Waals surface area (Å²) in [6.45, 7) is 13.6. The van der Waals surface area contributed by atoms with Gasteiger partial charge in [0.25, 0.3) is 0 Å². The third-order valence-corrected chi connectivity index (χ3v) is 2.77. The van der Waals surface area contributed by atoms with E-state index in [9.17, 15) is 5.11 Å². The van der Waals surface area contributed by atoms with Crippen LogP contribution in [-0.4, -0.2) is 14.9 Å². The fourth-order valence-electron chi connectivity index (χ4n) is 2.05. The molecule has 17 heavy (non-hydrogen) atoms. The van der Waals surface area contributed by atoms with Crippen LogP contribution in [0.1, 0.15) is 59.2 Å². The van der Waals surface area contributed by atoms with Gasteiger partial charge in [0.05, 0.1) is 5.69 Å². The molecule has 0 aromatic carbocycles. The predicted molar refractivity (Wildman–Crippen MR) is 71.4 cm³/mol. The van der Waals surface area contributed by atoms with Crippen LogP contribution in [0.4, 0.5) is 0 Å². The molecule has 1 aromatic heterocycles. The quantitative estimate of drug-likeness (QED) is 0.872. The largest absolute Gasteiger partial charge is 0.493 e. The highest BCUT2D eigenvalue weighted by Crippen LogP contribution is 2.32. The summed E-state index contributed by atoms with van der Waals surface area (Å²) in [6, 6.07) is 0. The topological polar surface area (TPSA) is 38.0 Å². The second-order valence-corrected chi connectivity index (χ2v) is 6.23. The Morgan fingerprint density at radius 3 is 2.29 bits per heavy atom. The molecule has 0 aliphatic heterocycles. The van der Waals surface area contributed by atoms with Crippen molar-refractivity contribution in [1.29, 1.82) is 0 Å². The lowest BCUT2D eigenvalue weighted by atomic mass is 9.88. The Morgan fingerprint density at radius 1 is 1.29 bits per heavy atom. The Hall–Kier alpha value is -0.990. The Morgan fingerprint density at radius 2 is 1.88 bits per heavy atom. The summed E-state index contributed by atoms with van der Waals surface area (Å²) in [7, 11) is 0. The molecule has 0 bridgehead atoms. The van der Waals surface area contributed by atoms with Crippen molar-refractivity contribution in [2.45, 2.75) is 66.3 Å². The fourth-order valence-corrected chi connectivity index (χ4v) is 2.05. The number of aromatic nitrogens is 2. The molecule has 1 rings (SSSR count). The van der Waals surface area contributed by atoms with Gasteiger partial charge in [0.15, 0.2) is 0 Å². The highest BCUT2D eigenvalue weighted by atomic mass is 16.3. The molecule has 1 heterocycles. The highest BCUT2D eigenvalue weighted by molar-refractivity contribution is 5.35. The Labute approximate surface area is 105 Å². The lowest BCUT2D eigenvalue weighted by Gasteiger charge is -2.17. The number of rotatable bonds is 4. The van der Waals surface area contributed by atoms with Crippen molar-refractivity contribution in [3.63, 3.8) is 0 Å². The smallest absolute Gasteiger partial charge is 0.212 e. The molecule has 0 aliphatic rings. The first-order valence-corrected chi connectivity index (χ1v) is 6.56. The number of hydrogen-bond donors (Lipinski definition) is 1. The van der Waals surface area contributed by atoms with Crippen molar-refractivity contribution in [3.05, 3.63) is 11.3 Å². The second-order valence-electron chi connectivity index (χ2n) is 6.23.